The molecule has 1 fully saturated rings. The Morgan fingerprint density at radius 3 is 2.43 bits per heavy atom. The highest BCUT2D eigenvalue weighted by Crippen LogP contribution is 2.33. The highest BCUT2D eigenvalue weighted by molar-refractivity contribution is 5.74. The quantitative estimate of drug-likeness (QED) is 0.580. The van der Waals surface area contributed by atoms with Crippen molar-refractivity contribution in [2.45, 2.75) is 65.3 Å². The zero-order chi connectivity index (χ0) is 15.8. The minimum absolute atomic E-state index is 0.00300. The van der Waals surface area contributed by atoms with Gasteiger partial charge < -0.3 is 15.7 Å². The molecule has 2 atom stereocenters. The van der Waals surface area contributed by atoms with E-state index in [4.69, 9.17) is 5.11 Å². The van der Waals surface area contributed by atoms with E-state index < -0.39 is 5.97 Å². The van der Waals surface area contributed by atoms with Crippen molar-refractivity contribution in [3.8, 4) is 0 Å². The zero-order valence-electron chi connectivity index (χ0n) is 13.5. The Hall–Kier alpha value is -1.26. The second-order valence-electron chi connectivity index (χ2n) is 6.73. The molecule has 3 N–H and O–H groups in total. The molecule has 2 amide bonds. The van der Waals surface area contributed by atoms with Gasteiger partial charge in [-0.1, -0.05) is 33.6 Å². The Morgan fingerprint density at radius 1 is 1.29 bits per heavy atom. The number of carboxylic acid groups (broad SMARTS) is 1. The standard InChI is InChI=1S/C16H30N2O3/c1-4-14(8-12-5-6-12)18-16(21)17-10-13(7-11(2)3)9-15(19)20/h11-14H,4-10H2,1-3H3,(H,19,20)(H2,17,18,21). The summed E-state index contributed by atoms with van der Waals surface area (Å²) in [5.41, 5.74) is 0. The fourth-order valence-electron chi connectivity index (χ4n) is 2.71. The number of urea groups is 1. The number of carbonyl (C=O) groups excluding carboxylic acids is 1. The first-order valence-corrected chi connectivity index (χ1v) is 8.16. The number of hydrogen-bond donors (Lipinski definition) is 3. The number of carbonyl (C=O) groups is 2. The van der Waals surface area contributed by atoms with Gasteiger partial charge in [-0.2, -0.15) is 0 Å². The maximum Gasteiger partial charge on any atom is 0.315 e. The van der Waals surface area contributed by atoms with Crippen LogP contribution < -0.4 is 10.6 Å². The number of nitrogens with one attached hydrogen (secondary N) is 2. The molecule has 0 bridgehead atoms. The first-order chi connectivity index (χ1) is 9.90. The highest BCUT2D eigenvalue weighted by atomic mass is 16.4. The summed E-state index contributed by atoms with van der Waals surface area (Å²) in [6.45, 7) is 6.64. The van der Waals surface area contributed by atoms with Gasteiger partial charge in [-0.25, -0.2) is 4.79 Å². The van der Waals surface area contributed by atoms with E-state index in [-0.39, 0.29) is 24.4 Å². The summed E-state index contributed by atoms with van der Waals surface area (Å²) in [6, 6.07) is 0.0715. The Balaban J connectivity index is 2.31. The largest absolute Gasteiger partial charge is 0.481 e. The van der Waals surface area contributed by atoms with Gasteiger partial charge in [0.2, 0.25) is 0 Å². The van der Waals surface area contributed by atoms with E-state index in [1.165, 1.54) is 12.8 Å². The van der Waals surface area contributed by atoms with Crippen molar-refractivity contribution in [2.24, 2.45) is 17.8 Å². The maximum absolute atomic E-state index is 11.9. The van der Waals surface area contributed by atoms with Crippen LogP contribution >= 0.6 is 0 Å². The number of rotatable bonds is 10. The number of hydrogen-bond acceptors (Lipinski definition) is 2. The van der Waals surface area contributed by atoms with E-state index in [9.17, 15) is 9.59 Å². The molecule has 0 heterocycles. The summed E-state index contributed by atoms with van der Waals surface area (Å²) in [5, 5.41) is 14.8. The van der Waals surface area contributed by atoms with E-state index in [1.807, 2.05) is 0 Å². The monoisotopic (exact) mass is 298 g/mol. The summed E-state index contributed by atoms with van der Waals surface area (Å²) in [7, 11) is 0. The lowest BCUT2D eigenvalue weighted by atomic mass is 9.94. The summed E-state index contributed by atoms with van der Waals surface area (Å²) in [6.07, 6.45) is 5.50. The molecule has 0 aromatic carbocycles. The van der Waals surface area contributed by atoms with Crippen molar-refractivity contribution in [3.63, 3.8) is 0 Å². The van der Waals surface area contributed by atoms with Gasteiger partial charge in [-0.05, 0) is 37.0 Å². The Labute approximate surface area is 127 Å². The van der Waals surface area contributed by atoms with E-state index >= 15 is 0 Å². The lowest BCUT2D eigenvalue weighted by Crippen LogP contribution is -2.44. The lowest BCUT2D eigenvalue weighted by Gasteiger charge is -2.20. The average molecular weight is 298 g/mol. The van der Waals surface area contributed by atoms with Gasteiger partial charge >= 0.3 is 12.0 Å². The van der Waals surface area contributed by atoms with Crippen LogP contribution in [0.2, 0.25) is 0 Å². The van der Waals surface area contributed by atoms with Crippen LogP contribution in [0, 0.1) is 17.8 Å². The summed E-state index contributed by atoms with van der Waals surface area (Å²) in [4.78, 5) is 22.8. The van der Waals surface area contributed by atoms with Crippen LogP contribution in [0.3, 0.4) is 0 Å². The molecule has 0 radical (unpaired) electrons. The molecule has 21 heavy (non-hydrogen) atoms. The molecular formula is C16H30N2O3. The van der Waals surface area contributed by atoms with Gasteiger partial charge in [-0.15, -0.1) is 0 Å². The third-order valence-electron chi connectivity index (χ3n) is 3.96. The van der Waals surface area contributed by atoms with E-state index in [0.29, 0.717) is 12.5 Å². The van der Waals surface area contributed by atoms with Gasteiger partial charge in [-0.3, -0.25) is 4.79 Å². The molecule has 122 valence electrons. The maximum atomic E-state index is 11.9. The molecule has 1 saturated carbocycles. The molecule has 1 rings (SSSR count). The fourth-order valence-corrected chi connectivity index (χ4v) is 2.71. The third-order valence-corrected chi connectivity index (χ3v) is 3.96. The van der Waals surface area contributed by atoms with Crippen LogP contribution in [0.4, 0.5) is 4.79 Å². The fraction of sp³-hybridized carbons (Fsp3) is 0.875. The molecule has 0 spiro atoms. The van der Waals surface area contributed by atoms with Crippen molar-refractivity contribution in [3.05, 3.63) is 0 Å². The third kappa shape index (κ3) is 8.58. The van der Waals surface area contributed by atoms with Crippen LogP contribution in [0.15, 0.2) is 0 Å². The van der Waals surface area contributed by atoms with Crippen molar-refractivity contribution in [1.29, 1.82) is 0 Å². The van der Waals surface area contributed by atoms with E-state index in [2.05, 4.69) is 31.4 Å². The average Bonchev–Trinajstić information content (AvgIpc) is 3.17. The highest BCUT2D eigenvalue weighted by Gasteiger charge is 2.25. The second kappa shape index (κ2) is 8.90. The van der Waals surface area contributed by atoms with Crippen LogP contribution in [-0.2, 0) is 4.79 Å². The number of amides is 2. The normalized spacial score (nSPS) is 17.3. The minimum Gasteiger partial charge on any atom is -0.481 e. The Morgan fingerprint density at radius 2 is 1.95 bits per heavy atom. The second-order valence-corrected chi connectivity index (χ2v) is 6.73. The van der Waals surface area contributed by atoms with Crippen LogP contribution in [0.1, 0.15) is 59.3 Å². The SMILES string of the molecule is CCC(CC1CC1)NC(=O)NCC(CC(=O)O)CC(C)C. The van der Waals surface area contributed by atoms with Crippen molar-refractivity contribution in [2.75, 3.05) is 6.54 Å². The first-order valence-electron chi connectivity index (χ1n) is 8.16. The summed E-state index contributed by atoms with van der Waals surface area (Å²) < 4.78 is 0. The van der Waals surface area contributed by atoms with Gasteiger partial charge in [0.1, 0.15) is 0 Å². The van der Waals surface area contributed by atoms with Gasteiger partial charge in [0.25, 0.3) is 0 Å². The first kappa shape index (κ1) is 17.8. The van der Waals surface area contributed by atoms with Gasteiger partial charge in [0.15, 0.2) is 0 Å². The Bertz CT molecular complexity index is 340. The number of carboxylic acids is 1. The van der Waals surface area contributed by atoms with Crippen molar-refractivity contribution in [1.82, 2.24) is 10.6 Å². The van der Waals surface area contributed by atoms with Gasteiger partial charge in [0.05, 0.1) is 0 Å². The van der Waals surface area contributed by atoms with E-state index in [1.54, 1.807) is 0 Å². The summed E-state index contributed by atoms with van der Waals surface area (Å²) in [5.74, 6) is 0.410. The zero-order valence-corrected chi connectivity index (χ0v) is 13.5. The summed E-state index contributed by atoms with van der Waals surface area (Å²) >= 11 is 0. The smallest absolute Gasteiger partial charge is 0.315 e. The molecule has 1 aliphatic carbocycles. The van der Waals surface area contributed by atoms with E-state index in [0.717, 1.165) is 25.2 Å². The lowest BCUT2D eigenvalue weighted by molar-refractivity contribution is -0.138. The van der Waals surface area contributed by atoms with Crippen LogP contribution in [0.5, 0.6) is 0 Å². The molecule has 1 aliphatic rings. The molecule has 5 nitrogen and oxygen atoms in total. The predicted molar refractivity (Wildman–Crippen MR) is 83.2 cm³/mol. The minimum atomic E-state index is -0.803. The van der Waals surface area contributed by atoms with Gasteiger partial charge in [0, 0.05) is 19.0 Å². The molecular weight excluding hydrogens is 268 g/mol. The molecule has 0 saturated heterocycles. The number of aliphatic carboxylic acids is 1. The molecule has 2 unspecified atom stereocenters. The topological polar surface area (TPSA) is 78.4 Å². The van der Waals surface area contributed by atoms with Crippen LogP contribution in [0.25, 0.3) is 0 Å². The molecule has 5 heteroatoms. The predicted octanol–water partition coefficient (Wildman–Crippen LogP) is 3.00. The molecule has 0 aromatic rings. The van der Waals surface area contributed by atoms with Crippen molar-refractivity contribution < 1.29 is 14.7 Å². The van der Waals surface area contributed by atoms with Crippen LogP contribution in [-0.4, -0.2) is 29.7 Å². The van der Waals surface area contributed by atoms with Crippen molar-refractivity contribution >= 4 is 12.0 Å². The Kier molecular flexibility index (Phi) is 7.54. The molecule has 0 aromatic heterocycles. The molecule has 0 aliphatic heterocycles.